The number of aliphatic carboxylic acids is 1. The Kier molecular flexibility index (Phi) is 6.02. The number of allylic oxidation sites excluding steroid dienone is 2. The van der Waals surface area contributed by atoms with E-state index in [0.29, 0.717) is 22.7 Å². The van der Waals surface area contributed by atoms with E-state index >= 15 is 0 Å². The topological polar surface area (TPSA) is 109 Å². The first-order valence-corrected chi connectivity index (χ1v) is 8.00. The predicted molar refractivity (Wildman–Crippen MR) is 93.1 cm³/mol. The first-order valence-electron chi connectivity index (χ1n) is 8.00. The van der Waals surface area contributed by atoms with E-state index in [0.717, 1.165) is 0 Å². The van der Waals surface area contributed by atoms with Crippen molar-refractivity contribution in [3.05, 3.63) is 52.4 Å². The molecule has 1 aromatic carbocycles. The van der Waals surface area contributed by atoms with E-state index in [1.165, 1.54) is 7.11 Å². The van der Waals surface area contributed by atoms with Crippen LogP contribution in [0, 0.1) is 11.3 Å². The molecule has 1 heterocycles. The van der Waals surface area contributed by atoms with E-state index in [1.807, 2.05) is 6.07 Å². The zero-order valence-corrected chi connectivity index (χ0v) is 14.8. The maximum absolute atomic E-state index is 12.6. The molecule has 2 rings (SSSR count). The maximum Gasteiger partial charge on any atom is 0.336 e. The van der Waals surface area contributed by atoms with E-state index in [4.69, 9.17) is 14.7 Å². The van der Waals surface area contributed by atoms with Gasteiger partial charge in [0.2, 0.25) is 0 Å². The van der Waals surface area contributed by atoms with Gasteiger partial charge in [-0.2, -0.15) is 5.26 Å². The summed E-state index contributed by atoms with van der Waals surface area (Å²) in [5, 5.41) is 21.3. The fourth-order valence-electron chi connectivity index (χ4n) is 2.94. The van der Waals surface area contributed by atoms with Crippen LogP contribution in [0.15, 0.2) is 46.8 Å². The van der Waals surface area contributed by atoms with Crippen molar-refractivity contribution < 1.29 is 24.2 Å². The predicted octanol–water partition coefficient (Wildman–Crippen LogP) is 2.47. The number of esters is 1. The summed E-state index contributed by atoms with van der Waals surface area (Å²) in [5.74, 6) is -1.92. The second-order valence-corrected chi connectivity index (χ2v) is 5.76. The van der Waals surface area contributed by atoms with Crippen molar-refractivity contribution in [1.82, 2.24) is 5.32 Å². The Hall–Kier alpha value is -3.27. The molecule has 0 radical (unpaired) electrons. The molecule has 0 aromatic heterocycles. The number of carbonyl (C=O) groups excluding carboxylic acids is 1. The van der Waals surface area contributed by atoms with Gasteiger partial charge in [-0.15, -0.1) is 0 Å². The Morgan fingerprint density at radius 1 is 1.19 bits per heavy atom. The van der Waals surface area contributed by atoms with Crippen molar-refractivity contribution in [2.24, 2.45) is 0 Å². The van der Waals surface area contributed by atoms with Crippen LogP contribution in [0.4, 0.5) is 0 Å². The number of dihydropyridines is 1. The summed E-state index contributed by atoms with van der Waals surface area (Å²) in [6.45, 7) is 3.30. The van der Waals surface area contributed by atoms with Gasteiger partial charge in [0, 0.05) is 11.4 Å². The summed E-state index contributed by atoms with van der Waals surface area (Å²) in [4.78, 5) is 24.5. The third-order valence-corrected chi connectivity index (χ3v) is 4.11. The smallest absolute Gasteiger partial charge is 0.336 e. The highest BCUT2D eigenvalue weighted by atomic mass is 16.5. The number of rotatable bonds is 6. The molecular formula is C19H20N2O5. The highest BCUT2D eigenvalue weighted by molar-refractivity contribution is 5.99. The van der Waals surface area contributed by atoms with Gasteiger partial charge in [-0.05, 0) is 31.5 Å². The van der Waals surface area contributed by atoms with Gasteiger partial charge in [0.25, 0.3) is 0 Å². The lowest BCUT2D eigenvalue weighted by Gasteiger charge is -2.29. The van der Waals surface area contributed by atoms with E-state index in [9.17, 15) is 14.7 Å². The first-order chi connectivity index (χ1) is 12.4. The molecule has 26 heavy (non-hydrogen) atoms. The Balaban J connectivity index is 2.51. The maximum atomic E-state index is 12.6. The Morgan fingerprint density at radius 2 is 1.81 bits per heavy atom. The number of nitrogens with zero attached hydrogens (tertiary/aromatic N) is 1. The SMILES string of the molecule is COc1ccc(C2C(C(=O)O)=C(C)NC(C)=C2C(=O)OCCC#N)cc1. The number of benzene rings is 1. The Morgan fingerprint density at radius 3 is 2.35 bits per heavy atom. The van der Waals surface area contributed by atoms with Crippen LogP contribution in [0.1, 0.15) is 31.7 Å². The van der Waals surface area contributed by atoms with Crippen LogP contribution in [0.5, 0.6) is 5.75 Å². The van der Waals surface area contributed by atoms with Crippen LogP contribution in [0.25, 0.3) is 0 Å². The number of nitrogens with one attached hydrogen (secondary N) is 1. The molecule has 0 amide bonds. The van der Waals surface area contributed by atoms with Gasteiger partial charge in [0.05, 0.1) is 36.7 Å². The molecule has 1 unspecified atom stereocenters. The van der Waals surface area contributed by atoms with Gasteiger partial charge in [-0.1, -0.05) is 12.1 Å². The average Bonchev–Trinajstić information content (AvgIpc) is 2.60. The zero-order chi connectivity index (χ0) is 19.3. The van der Waals surface area contributed by atoms with Gasteiger partial charge >= 0.3 is 11.9 Å². The summed E-state index contributed by atoms with van der Waals surface area (Å²) in [6, 6.07) is 8.76. The molecule has 7 heteroatoms. The van der Waals surface area contributed by atoms with E-state index in [1.54, 1.807) is 38.1 Å². The molecule has 1 aromatic rings. The number of hydrogen-bond donors (Lipinski definition) is 2. The van der Waals surface area contributed by atoms with Crippen LogP contribution >= 0.6 is 0 Å². The third-order valence-electron chi connectivity index (χ3n) is 4.11. The molecule has 2 N–H and O–H groups in total. The quantitative estimate of drug-likeness (QED) is 0.595. The van der Waals surface area contributed by atoms with Crippen molar-refractivity contribution in [3.63, 3.8) is 0 Å². The summed E-state index contributed by atoms with van der Waals surface area (Å²) < 4.78 is 10.3. The summed E-state index contributed by atoms with van der Waals surface area (Å²) in [5.41, 5.74) is 1.92. The minimum atomic E-state index is -1.12. The molecule has 7 nitrogen and oxygen atoms in total. The van der Waals surface area contributed by atoms with Crippen molar-refractivity contribution in [2.45, 2.75) is 26.2 Å². The lowest BCUT2D eigenvalue weighted by molar-refractivity contribution is -0.139. The average molecular weight is 356 g/mol. The highest BCUT2D eigenvalue weighted by Gasteiger charge is 2.37. The Labute approximate surface area is 151 Å². The van der Waals surface area contributed by atoms with Crippen LogP contribution in [0.2, 0.25) is 0 Å². The van der Waals surface area contributed by atoms with E-state index in [-0.39, 0.29) is 24.2 Å². The summed E-state index contributed by atoms with van der Waals surface area (Å²) in [6.07, 6.45) is 0.0688. The largest absolute Gasteiger partial charge is 0.497 e. The molecule has 0 saturated carbocycles. The minimum absolute atomic E-state index is 0.0491. The van der Waals surface area contributed by atoms with Crippen molar-refractivity contribution in [2.75, 3.05) is 13.7 Å². The monoisotopic (exact) mass is 356 g/mol. The lowest BCUT2D eigenvalue weighted by atomic mass is 9.80. The molecule has 1 aliphatic heterocycles. The van der Waals surface area contributed by atoms with Gasteiger partial charge in [-0.3, -0.25) is 0 Å². The lowest BCUT2D eigenvalue weighted by Crippen LogP contribution is -2.31. The highest BCUT2D eigenvalue weighted by Crippen LogP contribution is 2.39. The molecule has 1 atom stereocenters. The van der Waals surface area contributed by atoms with E-state index in [2.05, 4.69) is 5.32 Å². The van der Waals surface area contributed by atoms with Gasteiger partial charge in [-0.25, -0.2) is 9.59 Å². The summed E-state index contributed by atoms with van der Waals surface area (Å²) in [7, 11) is 1.54. The third kappa shape index (κ3) is 3.86. The van der Waals surface area contributed by atoms with Gasteiger partial charge < -0.3 is 19.9 Å². The zero-order valence-electron chi connectivity index (χ0n) is 14.8. The fraction of sp³-hybridized carbons (Fsp3) is 0.316. The normalized spacial score (nSPS) is 16.6. The van der Waals surface area contributed by atoms with Crippen LogP contribution in [-0.4, -0.2) is 30.8 Å². The van der Waals surface area contributed by atoms with Crippen molar-refractivity contribution >= 4 is 11.9 Å². The molecule has 0 spiro atoms. The second kappa shape index (κ2) is 8.21. The molecule has 1 aliphatic rings. The molecule has 0 saturated heterocycles. The van der Waals surface area contributed by atoms with Gasteiger partial charge in [0.15, 0.2) is 0 Å². The standard InChI is InChI=1S/C19H20N2O5/c1-11-15(18(22)23)17(13-5-7-14(25-3)8-6-13)16(12(2)21-11)19(24)26-10-4-9-20/h5-8,17,21H,4,10H2,1-3H3,(H,22,23). The molecule has 0 aliphatic carbocycles. The second-order valence-electron chi connectivity index (χ2n) is 5.76. The molecule has 0 bridgehead atoms. The van der Waals surface area contributed by atoms with E-state index < -0.39 is 17.9 Å². The van der Waals surface area contributed by atoms with Crippen LogP contribution in [0.3, 0.4) is 0 Å². The minimum Gasteiger partial charge on any atom is -0.497 e. The van der Waals surface area contributed by atoms with Crippen molar-refractivity contribution in [1.29, 1.82) is 5.26 Å². The van der Waals surface area contributed by atoms with Crippen molar-refractivity contribution in [3.8, 4) is 11.8 Å². The fourth-order valence-corrected chi connectivity index (χ4v) is 2.94. The van der Waals surface area contributed by atoms with Crippen LogP contribution < -0.4 is 10.1 Å². The number of hydrogen-bond acceptors (Lipinski definition) is 6. The number of nitriles is 1. The molecule has 136 valence electrons. The number of ether oxygens (including phenoxy) is 2. The molecule has 0 fully saturated rings. The first kappa shape index (κ1) is 19.1. The number of carboxylic acid groups (broad SMARTS) is 1. The summed E-state index contributed by atoms with van der Waals surface area (Å²) >= 11 is 0. The number of carbonyl (C=O) groups is 2. The van der Waals surface area contributed by atoms with Crippen LogP contribution in [-0.2, 0) is 14.3 Å². The number of methoxy groups -OCH3 is 1. The Bertz CT molecular complexity index is 815. The number of carboxylic acids is 1. The van der Waals surface area contributed by atoms with Gasteiger partial charge in [0.1, 0.15) is 12.4 Å². The molecular weight excluding hydrogens is 336 g/mol.